The molecule has 4 nitrogen and oxygen atoms in total. The van der Waals surface area contributed by atoms with Gasteiger partial charge in [-0.2, -0.15) is 5.26 Å². The Labute approximate surface area is 171 Å². The molecule has 0 saturated carbocycles. The summed E-state index contributed by atoms with van der Waals surface area (Å²) in [4.78, 5) is 10.1. The molecule has 0 aliphatic rings. The van der Waals surface area contributed by atoms with Crippen molar-refractivity contribution >= 4 is 38.7 Å². The first-order valence-corrected chi connectivity index (χ1v) is 10.6. The molecule has 0 spiro atoms. The van der Waals surface area contributed by atoms with Gasteiger partial charge in [0, 0.05) is 9.13 Å². The lowest BCUT2D eigenvalue weighted by Gasteiger charge is -2.40. The lowest BCUT2D eigenvalue weighted by molar-refractivity contribution is 0.0901. The largest absolute Gasteiger partial charge is 0.490 e. The van der Waals surface area contributed by atoms with Gasteiger partial charge in [-0.25, -0.2) is 0 Å². The lowest BCUT2D eigenvalue weighted by atomic mass is 10.1. The van der Waals surface area contributed by atoms with Crippen molar-refractivity contribution in [2.24, 2.45) is 0 Å². The number of halogens is 6. The van der Waals surface area contributed by atoms with E-state index < -0.39 is 26.6 Å². The monoisotopic (exact) mass is 532 g/mol. The van der Waals surface area contributed by atoms with Crippen LogP contribution in [0, 0.1) is 14.9 Å². The second-order valence-corrected chi connectivity index (χ2v) is 9.79. The number of carbonyl (C=O) groups is 1. The third-order valence-electron chi connectivity index (χ3n) is 3.54. The maximum absolute atomic E-state index is 12.7. The Morgan fingerprint density at radius 1 is 1.11 bits per heavy atom. The number of benzene rings is 2. The minimum absolute atomic E-state index is 0.141. The number of hydrogen-bond donors (Lipinski definition) is 1. The van der Waals surface area contributed by atoms with E-state index in [2.05, 4.69) is 27.9 Å². The fourth-order valence-corrected chi connectivity index (χ4v) is 3.05. The fourth-order valence-electron chi connectivity index (χ4n) is 2.04. The number of ether oxygens (including phenoxy) is 1. The minimum Gasteiger partial charge on any atom is -0.490 e. The van der Waals surface area contributed by atoms with Gasteiger partial charge >= 0.3 is 10.2 Å². The van der Waals surface area contributed by atoms with Crippen molar-refractivity contribution < 1.29 is 29.0 Å². The van der Waals surface area contributed by atoms with Crippen molar-refractivity contribution in [2.45, 2.75) is 17.4 Å². The van der Waals surface area contributed by atoms with Crippen LogP contribution in [-0.2, 0) is 0 Å². The predicted octanol–water partition coefficient (Wildman–Crippen LogP) is 6.04. The smallest absolute Gasteiger partial charge is 0.310 e. The molecule has 1 amide bonds. The first-order chi connectivity index (χ1) is 12.6. The molecular weight excluding hydrogens is 518 g/mol. The Morgan fingerprint density at radius 3 is 2.11 bits per heavy atom. The number of nitriles is 1. The van der Waals surface area contributed by atoms with Gasteiger partial charge in [-0.1, -0.05) is 19.4 Å². The van der Waals surface area contributed by atoms with E-state index in [-0.39, 0.29) is 24.3 Å². The number of amides is 1. The van der Waals surface area contributed by atoms with Crippen LogP contribution in [0.5, 0.6) is 5.75 Å². The van der Waals surface area contributed by atoms with Crippen LogP contribution in [0.2, 0.25) is 0 Å². The molecule has 0 radical (unpaired) electrons. The van der Waals surface area contributed by atoms with Crippen molar-refractivity contribution in [3.8, 4) is 11.8 Å². The molecule has 2 aromatic carbocycles. The SMILES string of the molecule is CC(C#N)(COc1ccc(I)cc1)NC(=O)c1ccc(S(F)(F)(F)(F)F)cc1. The zero-order chi connectivity index (χ0) is 21.3. The van der Waals surface area contributed by atoms with Gasteiger partial charge in [0.05, 0.1) is 6.07 Å². The normalized spacial score (nSPS) is 16.1. The van der Waals surface area contributed by atoms with E-state index in [1.807, 2.05) is 6.07 Å². The standard InChI is InChI=1S/C17H14F5IN2O2S/c1-17(10-24,11-27-14-6-4-13(23)5-7-14)25-16(26)12-2-8-15(9-3-12)28(18,19,20,21)22/h2-9H,11H2,1H3,(H,25,26). The van der Waals surface area contributed by atoms with E-state index in [9.17, 15) is 29.5 Å². The average Bonchev–Trinajstić information content (AvgIpc) is 2.59. The Kier molecular flexibility index (Phi) is 5.37. The van der Waals surface area contributed by atoms with Crippen LogP contribution in [0.25, 0.3) is 0 Å². The Hall–Kier alpha value is -2.07. The molecule has 0 bridgehead atoms. The van der Waals surface area contributed by atoms with Crippen molar-refractivity contribution in [1.29, 1.82) is 5.26 Å². The van der Waals surface area contributed by atoms with E-state index in [1.165, 1.54) is 6.92 Å². The highest BCUT2D eigenvalue weighted by atomic mass is 127. The van der Waals surface area contributed by atoms with Crippen LogP contribution < -0.4 is 10.1 Å². The lowest BCUT2D eigenvalue weighted by Crippen LogP contribution is -2.49. The number of hydrogen-bond acceptors (Lipinski definition) is 3. The van der Waals surface area contributed by atoms with Crippen molar-refractivity contribution in [3.05, 3.63) is 57.7 Å². The first kappa shape index (κ1) is 22.2. The van der Waals surface area contributed by atoms with Crippen molar-refractivity contribution in [3.63, 3.8) is 0 Å². The molecule has 0 aromatic heterocycles. The van der Waals surface area contributed by atoms with Crippen LogP contribution in [0.15, 0.2) is 53.4 Å². The number of nitrogens with zero attached hydrogens (tertiary/aromatic N) is 1. The molecule has 1 atom stereocenters. The van der Waals surface area contributed by atoms with Gasteiger partial charge in [-0.15, -0.1) is 0 Å². The van der Waals surface area contributed by atoms with Crippen molar-refractivity contribution in [2.75, 3.05) is 6.61 Å². The molecule has 2 rings (SSSR count). The van der Waals surface area contributed by atoms with Crippen LogP contribution in [0.1, 0.15) is 17.3 Å². The number of nitrogens with one attached hydrogen (secondary N) is 1. The highest BCUT2D eigenvalue weighted by Gasteiger charge is 2.65. The molecule has 0 saturated heterocycles. The van der Waals surface area contributed by atoms with Crippen LogP contribution in [0.4, 0.5) is 19.4 Å². The van der Waals surface area contributed by atoms with Gasteiger partial charge < -0.3 is 10.1 Å². The van der Waals surface area contributed by atoms with Gasteiger partial charge in [-0.3, -0.25) is 4.79 Å². The fraction of sp³-hybridized carbons (Fsp3) is 0.176. The van der Waals surface area contributed by atoms with Gasteiger partial charge in [-0.05, 0) is 78.0 Å². The minimum atomic E-state index is -9.81. The van der Waals surface area contributed by atoms with Crippen LogP contribution in [-0.4, -0.2) is 18.1 Å². The summed E-state index contributed by atoms with van der Waals surface area (Å²) in [6.07, 6.45) is 0. The topological polar surface area (TPSA) is 62.1 Å². The Bertz CT molecular complexity index is 928. The zero-order valence-electron chi connectivity index (χ0n) is 14.3. The third kappa shape index (κ3) is 5.96. The molecule has 0 aliphatic carbocycles. The number of rotatable bonds is 6. The predicted molar refractivity (Wildman–Crippen MR) is 104 cm³/mol. The highest BCUT2D eigenvalue weighted by molar-refractivity contribution is 14.1. The van der Waals surface area contributed by atoms with Crippen LogP contribution in [0.3, 0.4) is 0 Å². The summed E-state index contributed by atoms with van der Waals surface area (Å²) in [6.45, 7) is 1.13. The molecule has 0 aliphatic heterocycles. The van der Waals surface area contributed by atoms with E-state index in [4.69, 9.17) is 4.74 Å². The summed E-state index contributed by atoms with van der Waals surface area (Å²) in [7, 11) is -9.81. The van der Waals surface area contributed by atoms with E-state index >= 15 is 0 Å². The van der Waals surface area contributed by atoms with Gasteiger partial charge in [0.15, 0.2) is 5.54 Å². The first-order valence-electron chi connectivity index (χ1n) is 7.58. The molecule has 2 aromatic rings. The van der Waals surface area contributed by atoms with Crippen LogP contribution >= 0.6 is 32.8 Å². The maximum Gasteiger partial charge on any atom is 0.310 e. The molecule has 11 heteroatoms. The maximum atomic E-state index is 12.7. The summed E-state index contributed by atoms with van der Waals surface area (Å²) in [5.74, 6) is -0.444. The third-order valence-corrected chi connectivity index (χ3v) is 5.42. The molecule has 0 fully saturated rings. The van der Waals surface area contributed by atoms with Crippen molar-refractivity contribution in [1.82, 2.24) is 5.32 Å². The summed E-state index contributed by atoms with van der Waals surface area (Å²) in [6, 6.07) is 10.3. The van der Waals surface area contributed by atoms with Gasteiger partial charge in [0.2, 0.25) is 0 Å². The van der Waals surface area contributed by atoms with E-state index in [1.54, 1.807) is 24.3 Å². The van der Waals surface area contributed by atoms with E-state index in [0.717, 1.165) is 3.57 Å². The number of carbonyl (C=O) groups excluding carboxylic acids is 1. The summed E-state index contributed by atoms with van der Waals surface area (Å²) < 4.78 is 70.1. The molecule has 152 valence electrons. The average molecular weight is 532 g/mol. The zero-order valence-corrected chi connectivity index (χ0v) is 17.2. The molecular formula is C17H14F5IN2O2S. The summed E-state index contributed by atoms with van der Waals surface area (Å²) in [5, 5.41) is 11.7. The molecule has 28 heavy (non-hydrogen) atoms. The summed E-state index contributed by atoms with van der Waals surface area (Å²) in [5.41, 5.74) is -1.81. The summed E-state index contributed by atoms with van der Waals surface area (Å²) >= 11 is 2.10. The van der Waals surface area contributed by atoms with Gasteiger partial charge in [0.1, 0.15) is 17.3 Å². The van der Waals surface area contributed by atoms with E-state index in [0.29, 0.717) is 17.9 Å². The second-order valence-electron chi connectivity index (χ2n) is 6.13. The Morgan fingerprint density at radius 2 is 1.64 bits per heavy atom. The Balaban J connectivity index is 2.11. The quantitative estimate of drug-likeness (QED) is 0.365. The highest BCUT2D eigenvalue weighted by Crippen LogP contribution is 3.02. The second kappa shape index (κ2) is 6.77. The molecule has 1 N–H and O–H groups in total. The molecule has 0 heterocycles. The van der Waals surface area contributed by atoms with Gasteiger partial charge in [0.25, 0.3) is 5.91 Å². The molecule has 1 unspecified atom stereocenters.